The second kappa shape index (κ2) is 7.02. The summed E-state index contributed by atoms with van der Waals surface area (Å²) in [7, 11) is 0. The molecule has 1 aliphatic rings. The fourth-order valence-electron chi connectivity index (χ4n) is 2.20. The summed E-state index contributed by atoms with van der Waals surface area (Å²) in [5, 5.41) is 29.9. The van der Waals surface area contributed by atoms with E-state index in [-0.39, 0.29) is 23.6 Å². The van der Waals surface area contributed by atoms with E-state index in [0.29, 0.717) is 0 Å². The molecule has 0 spiro atoms. The van der Waals surface area contributed by atoms with Gasteiger partial charge in [0, 0.05) is 12.7 Å². The number of hydrogen-bond acceptors (Lipinski definition) is 8. The molecule has 9 nitrogen and oxygen atoms in total. The molecule has 1 saturated heterocycles. The topological polar surface area (TPSA) is 140 Å². The molecule has 0 aromatic carbocycles. The number of nitrogens with zero attached hydrogens (tertiary/aromatic N) is 2. The smallest absolute Gasteiger partial charge is 0.301 e. The van der Waals surface area contributed by atoms with Crippen LogP contribution in [0.15, 0.2) is 15.5 Å². The predicted octanol–water partition coefficient (Wildman–Crippen LogP) is -1.66. The highest BCUT2D eigenvalue weighted by molar-refractivity contribution is 9.10. The summed E-state index contributed by atoms with van der Waals surface area (Å²) in [6.45, 7) is 1.89. The van der Waals surface area contributed by atoms with Crippen molar-refractivity contribution in [2.45, 2.75) is 37.6 Å². The minimum absolute atomic E-state index is 0.0553. The van der Waals surface area contributed by atoms with E-state index in [1.165, 1.54) is 10.8 Å². The first-order valence-corrected chi connectivity index (χ1v) is 7.51. The van der Waals surface area contributed by atoms with E-state index in [4.69, 9.17) is 15.2 Å². The first-order valence-electron chi connectivity index (χ1n) is 6.71. The van der Waals surface area contributed by atoms with Crippen LogP contribution in [0.4, 0.5) is 0 Å². The zero-order chi connectivity index (χ0) is 16.4. The van der Waals surface area contributed by atoms with E-state index in [0.717, 1.165) is 0 Å². The van der Waals surface area contributed by atoms with E-state index >= 15 is 0 Å². The molecule has 22 heavy (non-hydrogen) atoms. The quantitative estimate of drug-likeness (QED) is 0.487. The van der Waals surface area contributed by atoms with E-state index in [9.17, 15) is 20.1 Å². The molecule has 10 heteroatoms. The van der Waals surface area contributed by atoms with Crippen molar-refractivity contribution in [2.75, 3.05) is 13.2 Å². The molecule has 1 aliphatic heterocycles. The minimum Gasteiger partial charge on any atom is -0.465 e. The molecule has 0 aliphatic carbocycles. The largest absolute Gasteiger partial charge is 0.465 e. The highest BCUT2D eigenvalue weighted by atomic mass is 79.9. The molecule has 124 valence electrons. The summed E-state index contributed by atoms with van der Waals surface area (Å²) in [4.78, 5) is 15.3. The lowest BCUT2D eigenvalue weighted by Gasteiger charge is -2.41. The summed E-state index contributed by atoms with van der Waals surface area (Å²) in [6.07, 6.45) is -4.88. The van der Waals surface area contributed by atoms with Gasteiger partial charge in [0.25, 0.3) is 5.56 Å². The van der Waals surface area contributed by atoms with E-state index in [1.807, 2.05) is 0 Å². The van der Waals surface area contributed by atoms with Crippen LogP contribution in [0.25, 0.3) is 0 Å². The lowest BCUT2D eigenvalue weighted by molar-refractivity contribution is -0.243. The highest BCUT2D eigenvalue weighted by Crippen LogP contribution is 2.30. The second-order valence-corrected chi connectivity index (χ2v) is 5.64. The monoisotopic (exact) mass is 379 g/mol. The summed E-state index contributed by atoms with van der Waals surface area (Å²) in [5.74, 6) is 0. The third kappa shape index (κ3) is 3.16. The molecule has 2 heterocycles. The van der Waals surface area contributed by atoms with Crippen LogP contribution in [0.5, 0.6) is 6.01 Å². The second-order valence-electron chi connectivity index (χ2n) is 4.79. The van der Waals surface area contributed by atoms with Crippen LogP contribution in [0.1, 0.15) is 13.2 Å². The molecule has 5 N–H and O–H groups in total. The molecule has 0 amide bonds. The number of ether oxygens (including phenoxy) is 2. The lowest BCUT2D eigenvalue weighted by atomic mass is 9.98. The number of aliphatic hydroxyl groups is 3. The SMILES string of the molecule is CCOc1nc(=O)c(Br)cn1[C@@H]1O[C@H](CN)[C@@H](O)[C@H](O)[C@H]1O. The first kappa shape index (κ1) is 17.3. The van der Waals surface area contributed by atoms with E-state index < -0.39 is 36.2 Å². The van der Waals surface area contributed by atoms with Crippen molar-refractivity contribution in [3.8, 4) is 6.01 Å². The fourth-order valence-corrected chi connectivity index (χ4v) is 2.51. The Kier molecular flexibility index (Phi) is 5.53. The molecular formula is C12H18BrN3O6. The Morgan fingerprint density at radius 3 is 2.68 bits per heavy atom. The van der Waals surface area contributed by atoms with Gasteiger partial charge in [0.05, 0.1) is 6.61 Å². The molecule has 0 saturated carbocycles. The minimum atomic E-state index is -1.46. The van der Waals surface area contributed by atoms with Gasteiger partial charge in [-0.2, -0.15) is 4.98 Å². The van der Waals surface area contributed by atoms with Crippen LogP contribution in [0.3, 0.4) is 0 Å². The van der Waals surface area contributed by atoms with Gasteiger partial charge >= 0.3 is 6.01 Å². The molecule has 5 atom stereocenters. The van der Waals surface area contributed by atoms with Crippen molar-refractivity contribution < 1.29 is 24.8 Å². The van der Waals surface area contributed by atoms with Crippen LogP contribution in [0, 0.1) is 0 Å². The van der Waals surface area contributed by atoms with Crippen molar-refractivity contribution in [2.24, 2.45) is 5.73 Å². The van der Waals surface area contributed by atoms with Gasteiger partial charge in [-0.25, -0.2) is 0 Å². The number of aromatic nitrogens is 2. The third-order valence-electron chi connectivity index (χ3n) is 3.34. The summed E-state index contributed by atoms with van der Waals surface area (Å²) >= 11 is 3.05. The molecule has 1 aromatic heterocycles. The normalized spacial score (nSPS) is 32.0. The molecule has 1 fully saturated rings. The maximum absolute atomic E-state index is 11.6. The Labute approximate surface area is 134 Å². The standard InChI is InChI=1S/C12H18BrN3O6/c1-2-21-12-15-10(20)5(13)4-16(12)11-9(19)8(18)7(17)6(3-14)22-11/h4,6-9,11,17-19H,2-3,14H2,1H3/t6-,7-,8+,9-,11-/m1/s1. The van der Waals surface area contributed by atoms with Gasteiger partial charge in [0.1, 0.15) is 28.9 Å². The third-order valence-corrected chi connectivity index (χ3v) is 3.89. The Hall–Kier alpha value is -1.04. The average Bonchev–Trinajstić information content (AvgIpc) is 2.49. The van der Waals surface area contributed by atoms with Gasteiger partial charge in [-0.05, 0) is 22.9 Å². The Morgan fingerprint density at radius 2 is 2.09 bits per heavy atom. The van der Waals surface area contributed by atoms with Gasteiger partial charge in [-0.3, -0.25) is 9.36 Å². The molecule has 0 unspecified atom stereocenters. The highest BCUT2D eigenvalue weighted by Gasteiger charge is 2.44. The lowest BCUT2D eigenvalue weighted by Crippen LogP contribution is -2.57. The van der Waals surface area contributed by atoms with Gasteiger partial charge in [0.15, 0.2) is 6.23 Å². The number of aliphatic hydroxyl groups excluding tert-OH is 3. The average molecular weight is 380 g/mol. The van der Waals surface area contributed by atoms with Crippen LogP contribution >= 0.6 is 15.9 Å². The molecule has 0 bridgehead atoms. The molecule has 2 rings (SSSR count). The van der Waals surface area contributed by atoms with E-state index in [2.05, 4.69) is 20.9 Å². The Morgan fingerprint density at radius 1 is 1.41 bits per heavy atom. The fraction of sp³-hybridized carbons (Fsp3) is 0.667. The van der Waals surface area contributed by atoms with Gasteiger partial charge in [-0.1, -0.05) is 0 Å². The van der Waals surface area contributed by atoms with Gasteiger partial charge < -0.3 is 30.5 Å². The van der Waals surface area contributed by atoms with Crippen molar-refractivity contribution in [1.82, 2.24) is 9.55 Å². The van der Waals surface area contributed by atoms with E-state index in [1.54, 1.807) is 6.92 Å². The van der Waals surface area contributed by atoms with Gasteiger partial charge in [-0.15, -0.1) is 0 Å². The number of halogens is 1. The number of rotatable bonds is 4. The van der Waals surface area contributed by atoms with Crippen molar-refractivity contribution in [3.05, 3.63) is 21.0 Å². The van der Waals surface area contributed by atoms with Crippen LogP contribution in [-0.4, -0.2) is 62.4 Å². The molecular weight excluding hydrogens is 362 g/mol. The summed E-state index contributed by atoms with van der Waals surface area (Å²) in [5.41, 5.74) is 4.96. The molecule has 1 aromatic rings. The number of hydrogen-bond donors (Lipinski definition) is 4. The Balaban J connectivity index is 2.45. The van der Waals surface area contributed by atoms with Gasteiger partial charge in [0.2, 0.25) is 0 Å². The van der Waals surface area contributed by atoms with Crippen LogP contribution in [0.2, 0.25) is 0 Å². The zero-order valence-corrected chi connectivity index (χ0v) is 13.4. The predicted molar refractivity (Wildman–Crippen MR) is 78.4 cm³/mol. The number of nitrogens with two attached hydrogens (primary N) is 1. The maximum Gasteiger partial charge on any atom is 0.301 e. The summed E-state index contributed by atoms with van der Waals surface area (Å²) < 4.78 is 12.2. The van der Waals surface area contributed by atoms with Crippen LogP contribution in [-0.2, 0) is 4.74 Å². The molecule has 0 radical (unpaired) electrons. The maximum atomic E-state index is 11.6. The summed E-state index contributed by atoms with van der Waals surface area (Å²) in [6, 6.07) is -0.0703. The zero-order valence-electron chi connectivity index (χ0n) is 11.8. The Bertz CT molecular complexity index is 580. The van der Waals surface area contributed by atoms with Crippen molar-refractivity contribution in [3.63, 3.8) is 0 Å². The van der Waals surface area contributed by atoms with Crippen LogP contribution < -0.4 is 16.0 Å². The first-order chi connectivity index (χ1) is 10.4. The van der Waals surface area contributed by atoms with Crippen molar-refractivity contribution >= 4 is 15.9 Å². The van der Waals surface area contributed by atoms with Crippen molar-refractivity contribution in [1.29, 1.82) is 0 Å².